The predicted octanol–water partition coefficient (Wildman–Crippen LogP) is 3.26. The van der Waals surface area contributed by atoms with Crippen LogP contribution in [0.2, 0.25) is 0 Å². The van der Waals surface area contributed by atoms with E-state index in [1.807, 2.05) is 13.1 Å². The van der Waals surface area contributed by atoms with Crippen molar-refractivity contribution in [2.45, 2.75) is 19.3 Å². The zero-order valence-electron chi connectivity index (χ0n) is 12.7. The van der Waals surface area contributed by atoms with Crippen LogP contribution >= 0.6 is 11.3 Å². The number of nitrogens with zero attached hydrogens (tertiary/aromatic N) is 1. The lowest BCUT2D eigenvalue weighted by atomic mass is 10.1. The number of hydrogen-bond donors (Lipinski definition) is 2. The molecular weight excluding hydrogens is 278 g/mol. The molecule has 2 N–H and O–H groups in total. The maximum Gasteiger partial charge on any atom is 0.191 e. The van der Waals surface area contributed by atoms with Crippen molar-refractivity contribution in [1.29, 1.82) is 0 Å². The molecule has 112 valence electrons. The molecule has 0 bridgehead atoms. The molecule has 3 nitrogen and oxygen atoms in total. The number of guanidine groups is 1. The third-order valence-electron chi connectivity index (χ3n) is 3.38. The molecule has 0 fully saturated rings. The second kappa shape index (κ2) is 8.47. The van der Waals surface area contributed by atoms with Crippen molar-refractivity contribution in [3.63, 3.8) is 0 Å². The van der Waals surface area contributed by atoms with Gasteiger partial charge in [-0.2, -0.15) is 0 Å². The van der Waals surface area contributed by atoms with Gasteiger partial charge in [-0.1, -0.05) is 43.3 Å². The van der Waals surface area contributed by atoms with Gasteiger partial charge in [0.25, 0.3) is 0 Å². The van der Waals surface area contributed by atoms with Crippen molar-refractivity contribution in [1.82, 2.24) is 10.6 Å². The van der Waals surface area contributed by atoms with E-state index in [0.717, 1.165) is 25.5 Å². The highest BCUT2D eigenvalue weighted by Gasteiger charge is 2.07. The molecule has 1 heterocycles. The second-order valence-electron chi connectivity index (χ2n) is 5.03. The van der Waals surface area contributed by atoms with Crippen LogP contribution in [0.25, 0.3) is 0 Å². The largest absolute Gasteiger partial charge is 0.356 e. The summed E-state index contributed by atoms with van der Waals surface area (Å²) in [5.41, 5.74) is 1.34. The summed E-state index contributed by atoms with van der Waals surface area (Å²) in [4.78, 5) is 5.68. The number of aliphatic imine (C=N–C) groups is 1. The van der Waals surface area contributed by atoms with Crippen LogP contribution in [0.3, 0.4) is 0 Å². The highest BCUT2D eigenvalue weighted by atomic mass is 32.1. The molecule has 1 unspecified atom stereocenters. The molecule has 1 atom stereocenters. The van der Waals surface area contributed by atoms with Crippen LogP contribution in [-0.4, -0.2) is 26.1 Å². The topological polar surface area (TPSA) is 36.4 Å². The maximum atomic E-state index is 4.27. The van der Waals surface area contributed by atoms with Gasteiger partial charge in [0.2, 0.25) is 0 Å². The average Bonchev–Trinajstić information content (AvgIpc) is 3.06. The summed E-state index contributed by atoms with van der Waals surface area (Å²) >= 11 is 1.81. The van der Waals surface area contributed by atoms with Crippen molar-refractivity contribution in [3.05, 3.63) is 58.3 Å². The van der Waals surface area contributed by atoms with Crippen LogP contribution < -0.4 is 10.6 Å². The smallest absolute Gasteiger partial charge is 0.191 e. The van der Waals surface area contributed by atoms with E-state index < -0.39 is 0 Å². The Morgan fingerprint density at radius 1 is 1.14 bits per heavy atom. The van der Waals surface area contributed by atoms with E-state index in [9.17, 15) is 0 Å². The molecule has 4 heteroatoms. The van der Waals surface area contributed by atoms with E-state index in [1.54, 1.807) is 11.3 Å². The summed E-state index contributed by atoms with van der Waals surface area (Å²) < 4.78 is 0. The first-order valence-corrected chi connectivity index (χ1v) is 8.19. The van der Waals surface area contributed by atoms with Gasteiger partial charge in [0, 0.05) is 30.9 Å². The quantitative estimate of drug-likeness (QED) is 0.635. The highest BCUT2D eigenvalue weighted by molar-refractivity contribution is 7.10. The van der Waals surface area contributed by atoms with Crippen LogP contribution in [0.5, 0.6) is 0 Å². The first-order chi connectivity index (χ1) is 10.3. The van der Waals surface area contributed by atoms with Crippen LogP contribution in [-0.2, 0) is 6.42 Å². The minimum absolute atomic E-state index is 0.498. The SMILES string of the molecule is CN=C(NCCc1ccccc1)NCC(C)c1cccs1. The van der Waals surface area contributed by atoms with E-state index in [1.165, 1.54) is 10.4 Å². The fourth-order valence-corrected chi connectivity index (χ4v) is 2.90. The molecule has 2 aromatic rings. The van der Waals surface area contributed by atoms with E-state index in [-0.39, 0.29) is 0 Å². The Morgan fingerprint density at radius 3 is 2.62 bits per heavy atom. The van der Waals surface area contributed by atoms with E-state index in [2.05, 4.69) is 64.3 Å². The fraction of sp³-hybridized carbons (Fsp3) is 0.353. The number of benzene rings is 1. The lowest BCUT2D eigenvalue weighted by Crippen LogP contribution is -2.39. The normalized spacial score (nSPS) is 13.0. The minimum atomic E-state index is 0.498. The Hall–Kier alpha value is -1.81. The van der Waals surface area contributed by atoms with Gasteiger partial charge in [0.1, 0.15) is 0 Å². The molecule has 1 aromatic carbocycles. The lowest BCUT2D eigenvalue weighted by Gasteiger charge is -2.15. The molecule has 0 amide bonds. The van der Waals surface area contributed by atoms with Gasteiger partial charge in [0.05, 0.1) is 0 Å². The number of thiophene rings is 1. The standard InChI is InChI=1S/C17H23N3S/c1-14(16-9-6-12-21-16)13-20-17(18-2)19-11-10-15-7-4-3-5-8-15/h3-9,12,14H,10-11,13H2,1-2H3,(H2,18,19,20). The minimum Gasteiger partial charge on any atom is -0.356 e. The van der Waals surface area contributed by atoms with Gasteiger partial charge in [-0.15, -0.1) is 11.3 Å². The third kappa shape index (κ3) is 5.23. The average molecular weight is 301 g/mol. The summed E-state index contributed by atoms with van der Waals surface area (Å²) in [5.74, 6) is 1.37. The zero-order chi connectivity index (χ0) is 14.9. The zero-order valence-corrected chi connectivity index (χ0v) is 13.5. The van der Waals surface area contributed by atoms with Gasteiger partial charge in [-0.25, -0.2) is 0 Å². The third-order valence-corrected chi connectivity index (χ3v) is 4.48. The predicted molar refractivity (Wildman–Crippen MR) is 92.2 cm³/mol. The van der Waals surface area contributed by atoms with Gasteiger partial charge in [-0.05, 0) is 23.4 Å². The molecule has 0 aliphatic rings. The Bertz CT molecular complexity index is 534. The molecule has 0 saturated carbocycles. The van der Waals surface area contributed by atoms with Crippen molar-refractivity contribution < 1.29 is 0 Å². The van der Waals surface area contributed by atoms with Gasteiger partial charge in [-0.3, -0.25) is 4.99 Å². The van der Waals surface area contributed by atoms with Crippen molar-refractivity contribution in [2.75, 3.05) is 20.1 Å². The van der Waals surface area contributed by atoms with Gasteiger partial charge >= 0.3 is 0 Å². The van der Waals surface area contributed by atoms with Crippen LogP contribution in [0.15, 0.2) is 52.8 Å². The number of hydrogen-bond acceptors (Lipinski definition) is 2. The summed E-state index contributed by atoms with van der Waals surface area (Å²) in [6.45, 7) is 4.01. The molecule has 0 radical (unpaired) electrons. The molecule has 0 spiro atoms. The Balaban J connectivity index is 1.71. The van der Waals surface area contributed by atoms with Crippen LogP contribution in [0, 0.1) is 0 Å². The Labute approximate surface area is 131 Å². The lowest BCUT2D eigenvalue weighted by molar-refractivity contribution is 0.707. The van der Waals surface area contributed by atoms with Gasteiger partial charge in [0.15, 0.2) is 5.96 Å². The summed E-state index contributed by atoms with van der Waals surface area (Å²) in [5, 5.41) is 8.87. The van der Waals surface area contributed by atoms with Gasteiger partial charge < -0.3 is 10.6 Å². The summed E-state index contributed by atoms with van der Waals surface area (Å²) in [7, 11) is 1.81. The van der Waals surface area contributed by atoms with E-state index >= 15 is 0 Å². The van der Waals surface area contributed by atoms with E-state index in [0.29, 0.717) is 5.92 Å². The second-order valence-corrected chi connectivity index (χ2v) is 6.01. The monoisotopic (exact) mass is 301 g/mol. The molecular formula is C17H23N3S. The molecule has 0 aliphatic heterocycles. The van der Waals surface area contributed by atoms with Crippen molar-refractivity contribution in [2.24, 2.45) is 4.99 Å². The highest BCUT2D eigenvalue weighted by Crippen LogP contribution is 2.19. The van der Waals surface area contributed by atoms with E-state index in [4.69, 9.17) is 0 Å². The molecule has 2 rings (SSSR count). The summed E-state index contributed by atoms with van der Waals surface area (Å²) in [6.07, 6.45) is 1.00. The summed E-state index contributed by atoms with van der Waals surface area (Å²) in [6, 6.07) is 14.8. The van der Waals surface area contributed by atoms with Crippen LogP contribution in [0.1, 0.15) is 23.3 Å². The van der Waals surface area contributed by atoms with Crippen molar-refractivity contribution in [3.8, 4) is 0 Å². The molecule has 1 aromatic heterocycles. The Kier molecular flexibility index (Phi) is 6.28. The molecule has 0 aliphatic carbocycles. The Morgan fingerprint density at radius 2 is 1.95 bits per heavy atom. The van der Waals surface area contributed by atoms with Crippen molar-refractivity contribution >= 4 is 17.3 Å². The molecule has 21 heavy (non-hydrogen) atoms. The fourth-order valence-electron chi connectivity index (χ4n) is 2.11. The number of rotatable bonds is 6. The first-order valence-electron chi connectivity index (χ1n) is 7.31. The maximum absolute atomic E-state index is 4.27. The van der Waals surface area contributed by atoms with Crippen LogP contribution in [0.4, 0.5) is 0 Å². The first kappa shape index (κ1) is 15.6. The molecule has 0 saturated heterocycles. The number of nitrogens with one attached hydrogen (secondary N) is 2.